The molecule has 3 rings (SSSR count). The lowest BCUT2D eigenvalue weighted by atomic mass is 10.1. The van der Waals surface area contributed by atoms with Gasteiger partial charge in [-0.3, -0.25) is 14.7 Å². The Morgan fingerprint density at radius 3 is 2.39 bits per heavy atom. The molecule has 0 radical (unpaired) electrons. The van der Waals surface area contributed by atoms with Gasteiger partial charge in [-0.05, 0) is 52.0 Å². The van der Waals surface area contributed by atoms with E-state index in [1.165, 1.54) is 6.07 Å². The van der Waals surface area contributed by atoms with Gasteiger partial charge in [0.15, 0.2) is 11.0 Å². The number of nitrogens with one attached hydrogen (secondary N) is 2. The second kappa shape index (κ2) is 9.30. The largest absolute Gasteiger partial charge is 0.333 e. The molecule has 3 amide bonds. The lowest BCUT2D eigenvalue weighted by Crippen LogP contribution is -2.48. The van der Waals surface area contributed by atoms with Crippen LogP contribution in [0, 0.1) is 12.7 Å². The molecule has 0 saturated heterocycles. The van der Waals surface area contributed by atoms with Crippen LogP contribution in [-0.2, 0) is 4.79 Å². The fraction of sp³-hybridized carbons (Fsp3) is 0.273. The number of thioether (sulfide) groups is 1. The Bertz CT molecular complexity index is 1090. The number of aryl methyl sites for hydroxylation is 1. The van der Waals surface area contributed by atoms with Gasteiger partial charge in [-0.1, -0.05) is 41.6 Å². The van der Waals surface area contributed by atoms with E-state index in [0.717, 1.165) is 23.0 Å². The lowest BCUT2D eigenvalue weighted by Gasteiger charge is -2.20. The molecule has 2 aromatic carbocycles. The number of halogens is 1. The van der Waals surface area contributed by atoms with Crippen LogP contribution in [0.25, 0.3) is 17.1 Å². The highest BCUT2D eigenvalue weighted by Gasteiger charge is 2.20. The maximum atomic E-state index is 14.4. The third kappa shape index (κ3) is 5.91. The molecule has 2 N–H and O–H groups in total. The van der Waals surface area contributed by atoms with Crippen molar-refractivity contribution in [2.75, 3.05) is 5.75 Å². The zero-order valence-electron chi connectivity index (χ0n) is 17.8. The van der Waals surface area contributed by atoms with Gasteiger partial charge in [0.2, 0.25) is 5.91 Å². The molecule has 0 atom stereocenters. The zero-order valence-corrected chi connectivity index (χ0v) is 18.6. The first-order valence-electron chi connectivity index (χ1n) is 9.66. The SMILES string of the molecule is Cc1ccc(-n2c(SCC(=O)NC(=O)NC(C)(C)C)nnc2-c2ccccc2F)cc1. The van der Waals surface area contributed by atoms with E-state index in [0.29, 0.717) is 16.5 Å². The van der Waals surface area contributed by atoms with E-state index in [1.807, 2.05) is 52.0 Å². The monoisotopic (exact) mass is 441 g/mol. The van der Waals surface area contributed by atoms with E-state index in [9.17, 15) is 14.0 Å². The molecule has 0 bridgehead atoms. The first kappa shape index (κ1) is 22.5. The van der Waals surface area contributed by atoms with E-state index in [-0.39, 0.29) is 5.75 Å². The lowest BCUT2D eigenvalue weighted by molar-refractivity contribution is -0.117. The Kier molecular flexibility index (Phi) is 6.74. The van der Waals surface area contributed by atoms with Crippen LogP contribution >= 0.6 is 11.8 Å². The van der Waals surface area contributed by atoms with Gasteiger partial charge in [0, 0.05) is 11.2 Å². The third-order valence-corrected chi connectivity index (χ3v) is 5.04. The number of aromatic nitrogens is 3. The van der Waals surface area contributed by atoms with Crippen molar-refractivity contribution in [3.63, 3.8) is 0 Å². The van der Waals surface area contributed by atoms with Gasteiger partial charge < -0.3 is 5.32 Å². The van der Waals surface area contributed by atoms with E-state index < -0.39 is 23.3 Å². The molecule has 0 aliphatic carbocycles. The fourth-order valence-electron chi connectivity index (χ4n) is 2.77. The molecule has 9 heteroatoms. The quantitative estimate of drug-likeness (QED) is 0.582. The van der Waals surface area contributed by atoms with Crippen molar-refractivity contribution in [2.45, 2.75) is 38.4 Å². The number of benzene rings is 2. The molecule has 0 aliphatic rings. The minimum Gasteiger partial charge on any atom is -0.333 e. The van der Waals surface area contributed by atoms with Crippen LogP contribution in [0.4, 0.5) is 9.18 Å². The van der Waals surface area contributed by atoms with E-state index in [4.69, 9.17) is 0 Å². The van der Waals surface area contributed by atoms with Crippen molar-refractivity contribution >= 4 is 23.7 Å². The van der Waals surface area contributed by atoms with Crippen LogP contribution in [0.1, 0.15) is 26.3 Å². The molecular weight excluding hydrogens is 417 g/mol. The topological polar surface area (TPSA) is 88.9 Å². The first-order valence-corrected chi connectivity index (χ1v) is 10.6. The van der Waals surface area contributed by atoms with Crippen LogP contribution in [0.3, 0.4) is 0 Å². The summed E-state index contributed by atoms with van der Waals surface area (Å²) in [6.07, 6.45) is 0. The highest BCUT2D eigenvalue weighted by molar-refractivity contribution is 7.99. The highest BCUT2D eigenvalue weighted by Crippen LogP contribution is 2.29. The van der Waals surface area contributed by atoms with E-state index >= 15 is 0 Å². The molecular formula is C22H24FN5O2S. The molecule has 0 spiro atoms. The molecule has 0 unspecified atom stereocenters. The van der Waals surface area contributed by atoms with Crippen molar-refractivity contribution < 1.29 is 14.0 Å². The summed E-state index contributed by atoms with van der Waals surface area (Å²) in [6, 6.07) is 13.4. The van der Waals surface area contributed by atoms with Gasteiger partial charge in [0.25, 0.3) is 0 Å². The number of carbonyl (C=O) groups excluding carboxylic acids is 2. The van der Waals surface area contributed by atoms with Crippen molar-refractivity contribution in [3.8, 4) is 17.1 Å². The van der Waals surface area contributed by atoms with Gasteiger partial charge in [0.05, 0.1) is 11.3 Å². The molecule has 0 saturated carbocycles. The number of carbonyl (C=O) groups is 2. The predicted octanol–water partition coefficient (Wildman–Crippen LogP) is 4.10. The van der Waals surface area contributed by atoms with Crippen LogP contribution in [-0.4, -0.2) is 38.0 Å². The molecule has 1 heterocycles. The Labute approximate surface area is 184 Å². The minimum atomic E-state index is -0.565. The number of hydrogen-bond acceptors (Lipinski definition) is 5. The Hall–Kier alpha value is -3.20. The maximum absolute atomic E-state index is 14.4. The van der Waals surface area contributed by atoms with Gasteiger partial charge >= 0.3 is 6.03 Å². The fourth-order valence-corrected chi connectivity index (χ4v) is 3.52. The van der Waals surface area contributed by atoms with Crippen LogP contribution in [0.5, 0.6) is 0 Å². The van der Waals surface area contributed by atoms with Gasteiger partial charge in [0.1, 0.15) is 5.82 Å². The number of amides is 3. The predicted molar refractivity (Wildman–Crippen MR) is 119 cm³/mol. The smallest absolute Gasteiger partial charge is 0.321 e. The molecule has 0 aliphatic heterocycles. The molecule has 7 nitrogen and oxygen atoms in total. The van der Waals surface area contributed by atoms with Crippen LogP contribution in [0.2, 0.25) is 0 Å². The number of hydrogen-bond donors (Lipinski definition) is 2. The average molecular weight is 442 g/mol. The Morgan fingerprint density at radius 2 is 1.74 bits per heavy atom. The number of urea groups is 1. The summed E-state index contributed by atoms with van der Waals surface area (Å²) < 4.78 is 16.1. The van der Waals surface area contributed by atoms with Crippen LogP contribution < -0.4 is 10.6 Å². The molecule has 1 aromatic heterocycles. The van der Waals surface area contributed by atoms with E-state index in [2.05, 4.69) is 20.8 Å². The summed E-state index contributed by atoms with van der Waals surface area (Å²) in [5.41, 5.74) is 1.65. The summed E-state index contributed by atoms with van der Waals surface area (Å²) in [5.74, 6) is -0.622. The summed E-state index contributed by atoms with van der Waals surface area (Å²) in [4.78, 5) is 24.1. The van der Waals surface area contributed by atoms with Crippen molar-refractivity contribution in [1.29, 1.82) is 0 Å². The number of imide groups is 1. The van der Waals surface area contributed by atoms with Crippen molar-refractivity contribution in [2.24, 2.45) is 0 Å². The summed E-state index contributed by atoms with van der Waals surface area (Å²) >= 11 is 1.11. The highest BCUT2D eigenvalue weighted by atomic mass is 32.2. The normalized spacial score (nSPS) is 11.3. The van der Waals surface area contributed by atoms with E-state index in [1.54, 1.807) is 22.8 Å². The molecule has 3 aromatic rings. The zero-order chi connectivity index (χ0) is 22.6. The van der Waals surface area contributed by atoms with Gasteiger partial charge in [-0.25, -0.2) is 9.18 Å². The molecule has 0 fully saturated rings. The standard InChI is InChI=1S/C22H24FN5O2S/c1-14-9-11-15(12-10-14)28-19(16-7-5-6-8-17(16)23)26-27-21(28)31-13-18(29)24-20(30)25-22(2,3)4/h5-12H,13H2,1-4H3,(H2,24,25,29,30). The summed E-state index contributed by atoms with van der Waals surface area (Å²) in [6.45, 7) is 7.43. The number of rotatable bonds is 5. The van der Waals surface area contributed by atoms with Gasteiger partial charge in [-0.15, -0.1) is 10.2 Å². The summed E-state index contributed by atoms with van der Waals surface area (Å²) in [7, 11) is 0. The third-order valence-electron chi connectivity index (χ3n) is 4.11. The Morgan fingerprint density at radius 1 is 1.06 bits per heavy atom. The average Bonchev–Trinajstić information content (AvgIpc) is 3.09. The summed E-state index contributed by atoms with van der Waals surface area (Å²) in [5, 5.41) is 13.7. The van der Waals surface area contributed by atoms with Gasteiger partial charge in [-0.2, -0.15) is 0 Å². The Balaban J connectivity index is 1.85. The number of nitrogens with zero attached hydrogens (tertiary/aromatic N) is 3. The molecule has 162 valence electrons. The minimum absolute atomic E-state index is 0.0567. The second-order valence-electron chi connectivity index (χ2n) is 8.00. The van der Waals surface area contributed by atoms with Crippen molar-refractivity contribution in [3.05, 3.63) is 59.9 Å². The van der Waals surface area contributed by atoms with Crippen LogP contribution in [0.15, 0.2) is 53.7 Å². The maximum Gasteiger partial charge on any atom is 0.321 e. The first-order chi connectivity index (χ1) is 14.6. The molecule has 31 heavy (non-hydrogen) atoms. The second-order valence-corrected chi connectivity index (χ2v) is 8.94. The van der Waals surface area contributed by atoms with Crippen molar-refractivity contribution in [1.82, 2.24) is 25.4 Å².